The molecule has 118 valence electrons. The molecule has 0 aliphatic carbocycles. The molecule has 0 bridgehead atoms. The van der Waals surface area contributed by atoms with E-state index >= 15 is 0 Å². The molecular formula is C16H25ClN2O2. The lowest BCUT2D eigenvalue weighted by Crippen LogP contribution is -2.45. The molecule has 1 aliphatic heterocycles. The fraction of sp³-hybridized carbons (Fsp3) is 0.625. The predicted molar refractivity (Wildman–Crippen MR) is 86.5 cm³/mol. The Hall–Kier alpha value is -0.970. The fourth-order valence-corrected chi connectivity index (χ4v) is 3.10. The van der Waals surface area contributed by atoms with E-state index in [4.69, 9.17) is 21.1 Å². The molecule has 1 aromatic rings. The molecule has 1 N–H and O–H groups in total. The molecule has 2 atom stereocenters. The van der Waals surface area contributed by atoms with Crippen LogP contribution >= 0.6 is 11.6 Å². The molecule has 5 heteroatoms. The van der Waals surface area contributed by atoms with E-state index in [2.05, 4.69) is 24.2 Å². The molecule has 0 radical (unpaired) electrons. The van der Waals surface area contributed by atoms with Crippen LogP contribution in [0, 0.1) is 0 Å². The van der Waals surface area contributed by atoms with Gasteiger partial charge in [-0.25, -0.2) is 0 Å². The van der Waals surface area contributed by atoms with E-state index in [1.165, 1.54) is 12.8 Å². The summed E-state index contributed by atoms with van der Waals surface area (Å²) in [5.41, 5.74) is 1.04. The topological polar surface area (TPSA) is 33.7 Å². The predicted octanol–water partition coefficient (Wildman–Crippen LogP) is 2.93. The van der Waals surface area contributed by atoms with Gasteiger partial charge in [-0.15, -0.1) is 0 Å². The number of hydrogen-bond donors (Lipinski definition) is 1. The van der Waals surface area contributed by atoms with Gasteiger partial charge in [0.25, 0.3) is 0 Å². The lowest BCUT2D eigenvalue weighted by molar-refractivity contribution is 0.168. The van der Waals surface area contributed by atoms with Crippen LogP contribution < -0.4 is 14.8 Å². The third-order valence-corrected chi connectivity index (χ3v) is 4.77. The number of nitrogens with one attached hydrogen (secondary N) is 1. The summed E-state index contributed by atoms with van der Waals surface area (Å²) in [6.07, 6.45) is 2.34. The monoisotopic (exact) mass is 312 g/mol. The van der Waals surface area contributed by atoms with E-state index in [9.17, 15) is 0 Å². The van der Waals surface area contributed by atoms with Crippen molar-refractivity contribution in [3.63, 3.8) is 0 Å². The van der Waals surface area contributed by atoms with Gasteiger partial charge < -0.3 is 19.7 Å². The van der Waals surface area contributed by atoms with Crippen molar-refractivity contribution in [3.8, 4) is 11.5 Å². The molecule has 1 saturated heterocycles. The van der Waals surface area contributed by atoms with Crippen molar-refractivity contribution in [1.29, 1.82) is 0 Å². The Kier molecular flexibility index (Phi) is 5.73. The Morgan fingerprint density at radius 2 is 2.10 bits per heavy atom. The molecule has 1 heterocycles. The fourth-order valence-electron chi connectivity index (χ4n) is 2.80. The highest BCUT2D eigenvalue weighted by molar-refractivity contribution is 6.33. The van der Waals surface area contributed by atoms with Crippen LogP contribution in [0.25, 0.3) is 0 Å². The molecule has 1 fully saturated rings. The highest BCUT2D eigenvalue weighted by Gasteiger charge is 2.22. The van der Waals surface area contributed by atoms with E-state index in [1.807, 2.05) is 12.1 Å². The van der Waals surface area contributed by atoms with Gasteiger partial charge in [-0.3, -0.25) is 0 Å². The van der Waals surface area contributed by atoms with E-state index in [-0.39, 0.29) is 0 Å². The summed E-state index contributed by atoms with van der Waals surface area (Å²) in [6.45, 7) is 4.16. The molecule has 4 nitrogen and oxygen atoms in total. The van der Waals surface area contributed by atoms with Crippen LogP contribution in [0.3, 0.4) is 0 Å². The molecule has 0 aromatic heterocycles. The van der Waals surface area contributed by atoms with E-state index < -0.39 is 0 Å². The van der Waals surface area contributed by atoms with Gasteiger partial charge in [0.2, 0.25) is 0 Å². The second-order valence-corrected chi connectivity index (χ2v) is 6.08. The quantitative estimate of drug-likeness (QED) is 0.906. The van der Waals surface area contributed by atoms with Gasteiger partial charge in [0.05, 0.1) is 19.2 Å². The minimum Gasteiger partial charge on any atom is -0.493 e. The zero-order valence-electron chi connectivity index (χ0n) is 13.3. The molecular weight excluding hydrogens is 288 g/mol. The first kappa shape index (κ1) is 16.4. The van der Waals surface area contributed by atoms with Crippen LogP contribution in [-0.2, 0) is 6.54 Å². The number of nitrogens with zero attached hydrogens (tertiary/aromatic N) is 1. The van der Waals surface area contributed by atoms with Crippen LogP contribution in [0.4, 0.5) is 0 Å². The number of rotatable bonds is 5. The largest absolute Gasteiger partial charge is 0.493 e. The molecule has 2 unspecified atom stereocenters. The van der Waals surface area contributed by atoms with Crippen LogP contribution in [0.5, 0.6) is 11.5 Å². The van der Waals surface area contributed by atoms with Gasteiger partial charge in [0, 0.05) is 18.6 Å². The Balaban J connectivity index is 2.00. The number of likely N-dealkylation sites (tertiary alicyclic amines) is 1. The maximum absolute atomic E-state index is 6.41. The third kappa shape index (κ3) is 3.82. The van der Waals surface area contributed by atoms with Crippen molar-refractivity contribution in [2.24, 2.45) is 0 Å². The first-order valence-corrected chi connectivity index (χ1v) is 7.77. The summed E-state index contributed by atoms with van der Waals surface area (Å²) in [5.74, 6) is 1.27. The lowest BCUT2D eigenvalue weighted by Gasteiger charge is -2.35. The van der Waals surface area contributed by atoms with Crippen molar-refractivity contribution in [3.05, 3.63) is 22.7 Å². The smallest absolute Gasteiger partial charge is 0.179 e. The molecule has 1 aliphatic rings. The van der Waals surface area contributed by atoms with Crippen LogP contribution in [0.1, 0.15) is 25.3 Å². The molecule has 0 spiro atoms. The zero-order chi connectivity index (χ0) is 15.4. The first-order chi connectivity index (χ1) is 10.1. The first-order valence-electron chi connectivity index (χ1n) is 7.39. The van der Waals surface area contributed by atoms with Crippen LogP contribution in [0.15, 0.2) is 12.1 Å². The minimum atomic E-state index is 0.542. The summed E-state index contributed by atoms with van der Waals surface area (Å²) in [7, 11) is 5.41. The Labute approximate surface area is 132 Å². The highest BCUT2D eigenvalue weighted by Crippen LogP contribution is 2.37. The van der Waals surface area contributed by atoms with E-state index in [0.717, 1.165) is 18.7 Å². The lowest BCUT2D eigenvalue weighted by atomic mass is 9.98. The normalized spacial score (nSPS) is 23.1. The second-order valence-electron chi connectivity index (χ2n) is 5.71. The summed E-state index contributed by atoms with van der Waals surface area (Å²) in [5, 5.41) is 4.24. The number of methoxy groups -OCH3 is 2. The van der Waals surface area contributed by atoms with E-state index in [0.29, 0.717) is 28.6 Å². The second kappa shape index (κ2) is 7.34. The third-order valence-electron chi connectivity index (χ3n) is 4.35. The average molecular weight is 313 g/mol. The minimum absolute atomic E-state index is 0.542. The van der Waals surface area contributed by atoms with Gasteiger partial charge in [-0.05, 0) is 45.0 Å². The van der Waals surface area contributed by atoms with Crippen LogP contribution in [-0.4, -0.2) is 44.8 Å². The summed E-state index contributed by atoms with van der Waals surface area (Å²) < 4.78 is 10.6. The van der Waals surface area contributed by atoms with Crippen molar-refractivity contribution < 1.29 is 9.47 Å². The number of hydrogen-bond acceptors (Lipinski definition) is 4. The maximum Gasteiger partial charge on any atom is 0.179 e. The number of benzene rings is 1. The van der Waals surface area contributed by atoms with Gasteiger partial charge in [-0.1, -0.05) is 17.7 Å². The number of piperidine rings is 1. The molecule has 1 aromatic carbocycles. The Morgan fingerprint density at radius 1 is 1.33 bits per heavy atom. The van der Waals surface area contributed by atoms with Gasteiger partial charge in [-0.2, -0.15) is 0 Å². The molecule has 2 rings (SSSR count). The van der Waals surface area contributed by atoms with Gasteiger partial charge in [0.1, 0.15) is 0 Å². The van der Waals surface area contributed by atoms with Gasteiger partial charge in [0.15, 0.2) is 11.5 Å². The van der Waals surface area contributed by atoms with Crippen molar-refractivity contribution in [1.82, 2.24) is 10.2 Å². The zero-order valence-corrected chi connectivity index (χ0v) is 14.0. The molecule has 0 saturated carbocycles. The van der Waals surface area contributed by atoms with E-state index in [1.54, 1.807) is 14.2 Å². The number of halogens is 1. The highest BCUT2D eigenvalue weighted by atomic mass is 35.5. The average Bonchev–Trinajstić information content (AvgIpc) is 2.49. The Bertz CT molecular complexity index is 482. The summed E-state index contributed by atoms with van der Waals surface area (Å²) in [4.78, 5) is 2.40. The maximum atomic E-state index is 6.41. The number of ether oxygens (including phenoxy) is 2. The standard InChI is InChI=1S/C16H25ClN2O2/c1-11-9-13(7-8-19(11)2)18-10-12-5-6-14(20-3)16(21-4)15(12)17/h5-6,11,13,18H,7-10H2,1-4H3. The molecule has 0 amide bonds. The summed E-state index contributed by atoms with van der Waals surface area (Å²) in [6, 6.07) is 5.06. The van der Waals surface area contributed by atoms with Gasteiger partial charge >= 0.3 is 0 Å². The molecule has 21 heavy (non-hydrogen) atoms. The summed E-state index contributed by atoms with van der Waals surface area (Å²) >= 11 is 6.41. The van der Waals surface area contributed by atoms with Crippen LogP contribution in [0.2, 0.25) is 5.02 Å². The van der Waals surface area contributed by atoms with Crippen molar-refractivity contribution in [2.45, 2.75) is 38.4 Å². The Morgan fingerprint density at radius 3 is 2.71 bits per heavy atom. The SMILES string of the molecule is COc1ccc(CNC2CCN(C)C(C)C2)c(Cl)c1OC. The van der Waals surface area contributed by atoms with Crippen molar-refractivity contribution >= 4 is 11.6 Å². The van der Waals surface area contributed by atoms with Crippen molar-refractivity contribution in [2.75, 3.05) is 27.8 Å².